The zero-order chi connectivity index (χ0) is 11.8. The molecule has 0 bridgehead atoms. The third kappa shape index (κ3) is 2.14. The highest BCUT2D eigenvalue weighted by Gasteiger charge is 2.31. The SMILES string of the molecule is NC(c1nc2c(c(=O)[nH]1)CCCCC2)C1CC1. The van der Waals surface area contributed by atoms with E-state index in [1.807, 2.05) is 0 Å². The van der Waals surface area contributed by atoms with Gasteiger partial charge in [0.05, 0.1) is 11.7 Å². The van der Waals surface area contributed by atoms with Gasteiger partial charge in [0.1, 0.15) is 5.82 Å². The fourth-order valence-corrected chi connectivity index (χ4v) is 2.64. The van der Waals surface area contributed by atoms with Crippen molar-refractivity contribution in [3.05, 3.63) is 27.4 Å². The van der Waals surface area contributed by atoms with E-state index < -0.39 is 0 Å². The normalized spacial score (nSPS) is 21.7. The number of rotatable bonds is 2. The molecule has 3 rings (SSSR count). The molecule has 1 heterocycles. The Labute approximate surface area is 101 Å². The molecule has 1 atom stereocenters. The largest absolute Gasteiger partial charge is 0.321 e. The third-order valence-electron chi connectivity index (χ3n) is 3.91. The molecule has 2 aliphatic rings. The summed E-state index contributed by atoms with van der Waals surface area (Å²) in [6.07, 6.45) is 7.58. The van der Waals surface area contributed by atoms with Gasteiger partial charge in [-0.15, -0.1) is 0 Å². The van der Waals surface area contributed by atoms with E-state index in [-0.39, 0.29) is 11.6 Å². The van der Waals surface area contributed by atoms with Crippen molar-refractivity contribution in [2.24, 2.45) is 11.7 Å². The van der Waals surface area contributed by atoms with Crippen molar-refractivity contribution in [2.45, 2.75) is 51.0 Å². The number of nitrogens with zero attached hydrogens (tertiary/aromatic N) is 1. The van der Waals surface area contributed by atoms with Crippen molar-refractivity contribution in [2.75, 3.05) is 0 Å². The van der Waals surface area contributed by atoms with Gasteiger partial charge in [-0.05, 0) is 44.4 Å². The summed E-state index contributed by atoms with van der Waals surface area (Å²) in [6.45, 7) is 0. The minimum absolute atomic E-state index is 0.0444. The number of hydrogen-bond donors (Lipinski definition) is 2. The molecule has 0 spiro atoms. The predicted molar refractivity (Wildman–Crippen MR) is 65.8 cm³/mol. The molecule has 4 nitrogen and oxygen atoms in total. The third-order valence-corrected chi connectivity index (χ3v) is 3.91. The summed E-state index contributed by atoms with van der Waals surface area (Å²) >= 11 is 0. The molecule has 1 aromatic rings. The zero-order valence-electron chi connectivity index (χ0n) is 10.0. The standard InChI is InChI=1S/C13H19N3O/c14-11(8-6-7-8)12-15-10-5-3-1-2-4-9(10)13(17)16-12/h8,11H,1-7,14H2,(H,15,16,17). The van der Waals surface area contributed by atoms with Gasteiger partial charge in [-0.2, -0.15) is 0 Å². The second-order valence-electron chi connectivity index (χ2n) is 5.30. The van der Waals surface area contributed by atoms with Crippen molar-refractivity contribution >= 4 is 0 Å². The van der Waals surface area contributed by atoms with E-state index >= 15 is 0 Å². The van der Waals surface area contributed by atoms with Crippen molar-refractivity contribution in [1.29, 1.82) is 0 Å². The second-order valence-corrected chi connectivity index (χ2v) is 5.30. The van der Waals surface area contributed by atoms with Crippen LogP contribution in [0.1, 0.15) is 55.2 Å². The van der Waals surface area contributed by atoms with Crippen LogP contribution < -0.4 is 11.3 Å². The minimum Gasteiger partial charge on any atom is -0.321 e. The van der Waals surface area contributed by atoms with Crippen LogP contribution in [-0.2, 0) is 12.8 Å². The molecular weight excluding hydrogens is 214 g/mol. The van der Waals surface area contributed by atoms with Gasteiger partial charge in [-0.25, -0.2) is 4.98 Å². The van der Waals surface area contributed by atoms with Crippen LogP contribution in [0.5, 0.6) is 0 Å². The van der Waals surface area contributed by atoms with Crippen LogP contribution in [0.3, 0.4) is 0 Å². The van der Waals surface area contributed by atoms with E-state index in [9.17, 15) is 4.79 Å². The zero-order valence-corrected chi connectivity index (χ0v) is 10.0. The monoisotopic (exact) mass is 233 g/mol. The first-order valence-electron chi connectivity index (χ1n) is 6.63. The quantitative estimate of drug-likeness (QED) is 0.759. The number of nitrogens with one attached hydrogen (secondary N) is 1. The Morgan fingerprint density at radius 1 is 1.24 bits per heavy atom. The molecule has 0 saturated heterocycles. The molecule has 2 aliphatic carbocycles. The summed E-state index contributed by atoms with van der Waals surface area (Å²) in [5.41, 5.74) is 8.05. The summed E-state index contributed by atoms with van der Waals surface area (Å²) < 4.78 is 0. The number of hydrogen-bond acceptors (Lipinski definition) is 3. The van der Waals surface area contributed by atoms with Gasteiger partial charge in [-0.1, -0.05) is 6.42 Å². The lowest BCUT2D eigenvalue weighted by Crippen LogP contribution is -2.25. The van der Waals surface area contributed by atoms with E-state index in [1.165, 1.54) is 19.3 Å². The molecule has 4 heteroatoms. The molecule has 0 amide bonds. The van der Waals surface area contributed by atoms with E-state index in [2.05, 4.69) is 9.97 Å². The molecule has 1 fully saturated rings. The molecule has 3 N–H and O–H groups in total. The van der Waals surface area contributed by atoms with E-state index in [0.717, 1.165) is 36.9 Å². The topological polar surface area (TPSA) is 71.8 Å². The Balaban J connectivity index is 1.99. The van der Waals surface area contributed by atoms with Crippen LogP contribution in [0, 0.1) is 5.92 Å². The van der Waals surface area contributed by atoms with E-state index in [0.29, 0.717) is 11.7 Å². The van der Waals surface area contributed by atoms with Gasteiger partial charge in [0.2, 0.25) is 0 Å². The molecular formula is C13H19N3O. The summed E-state index contributed by atoms with van der Waals surface area (Å²) in [6, 6.07) is -0.0729. The molecule has 0 aliphatic heterocycles. The first-order chi connectivity index (χ1) is 8.25. The lowest BCUT2D eigenvalue weighted by atomic mass is 10.1. The van der Waals surface area contributed by atoms with Gasteiger partial charge in [0.25, 0.3) is 5.56 Å². The van der Waals surface area contributed by atoms with Gasteiger partial charge in [0, 0.05) is 5.56 Å². The Morgan fingerprint density at radius 2 is 2.00 bits per heavy atom. The average molecular weight is 233 g/mol. The number of nitrogens with two attached hydrogens (primary N) is 1. The van der Waals surface area contributed by atoms with Crippen LogP contribution >= 0.6 is 0 Å². The number of aromatic amines is 1. The lowest BCUT2D eigenvalue weighted by Gasteiger charge is -2.12. The van der Waals surface area contributed by atoms with Gasteiger partial charge < -0.3 is 10.7 Å². The second kappa shape index (κ2) is 4.26. The summed E-state index contributed by atoms with van der Waals surface area (Å²) in [4.78, 5) is 19.5. The highest BCUT2D eigenvalue weighted by atomic mass is 16.1. The first-order valence-corrected chi connectivity index (χ1v) is 6.63. The van der Waals surface area contributed by atoms with Gasteiger partial charge in [0.15, 0.2) is 0 Å². The average Bonchev–Trinajstić information content (AvgIpc) is 3.14. The first kappa shape index (κ1) is 11.0. The van der Waals surface area contributed by atoms with Gasteiger partial charge >= 0.3 is 0 Å². The van der Waals surface area contributed by atoms with Crippen LogP contribution in [0.2, 0.25) is 0 Å². The highest BCUT2D eigenvalue weighted by molar-refractivity contribution is 5.21. The number of aryl methyl sites for hydroxylation is 1. The maximum Gasteiger partial charge on any atom is 0.254 e. The molecule has 0 radical (unpaired) electrons. The van der Waals surface area contributed by atoms with E-state index in [4.69, 9.17) is 5.73 Å². The molecule has 17 heavy (non-hydrogen) atoms. The molecule has 1 saturated carbocycles. The summed E-state index contributed by atoms with van der Waals surface area (Å²) in [5, 5.41) is 0. The molecule has 92 valence electrons. The van der Waals surface area contributed by atoms with Crippen LogP contribution in [-0.4, -0.2) is 9.97 Å². The number of fused-ring (bicyclic) bond motifs is 1. The Kier molecular flexibility index (Phi) is 2.74. The minimum atomic E-state index is -0.0729. The van der Waals surface area contributed by atoms with Crippen molar-refractivity contribution in [3.8, 4) is 0 Å². The molecule has 1 aromatic heterocycles. The van der Waals surface area contributed by atoms with E-state index in [1.54, 1.807) is 0 Å². The van der Waals surface area contributed by atoms with Gasteiger partial charge in [-0.3, -0.25) is 4.79 Å². The molecule has 1 unspecified atom stereocenters. The lowest BCUT2D eigenvalue weighted by molar-refractivity contribution is 0.584. The fourth-order valence-electron chi connectivity index (χ4n) is 2.64. The predicted octanol–water partition coefficient (Wildman–Crippen LogP) is 1.45. The smallest absolute Gasteiger partial charge is 0.254 e. The number of aromatic nitrogens is 2. The Bertz CT molecular complexity index is 476. The van der Waals surface area contributed by atoms with Crippen molar-refractivity contribution in [1.82, 2.24) is 9.97 Å². The maximum atomic E-state index is 12.0. The Morgan fingerprint density at radius 3 is 2.76 bits per heavy atom. The van der Waals surface area contributed by atoms with Crippen molar-refractivity contribution < 1.29 is 0 Å². The maximum absolute atomic E-state index is 12.0. The highest BCUT2D eigenvalue weighted by Crippen LogP contribution is 2.38. The molecule has 0 aromatic carbocycles. The fraction of sp³-hybridized carbons (Fsp3) is 0.692. The summed E-state index contributed by atoms with van der Waals surface area (Å²) in [7, 11) is 0. The van der Waals surface area contributed by atoms with Crippen LogP contribution in [0.15, 0.2) is 4.79 Å². The Hall–Kier alpha value is -1.16. The van der Waals surface area contributed by atoms with Crippen LogP contribution in [0.25, 0.3) is 0 Å². The summed E-state index contributed by atoms with van der Waals surface area (Å²) in [5.74, 6) is 1.24. The number of H-pyrrole nitrogens is 1. The van der Waals surface area contributed by atoms with Crippen molar-refractivity contribution in [3.63, 3.8) is 0 Å². The van der Waals surface area contributed by atoms with Crippen LogP contribution in [0.4, 0.5) is 0 Å².